The van der Waals surface area contributed by atoms with Crippen LogP contribution in [0.3, 0.4) is 0 Å². The van der Waals surface area contributed by atoms with Crippen molar-refractivity contribution in [3.8, 4) is 5.75 Å². The molecule has 0 radical (unpaired) electrons. The molecular formula is C19H31NO. The number of unbranched alkanes of at least 4 members (excludes halogenated alkanes) is 5. The Balaban J connectivity index is 1.63. The van der Waals surface area contributed by atoms with Crippen LogP contribution in [0, 0.1) is 0 Å². The van der Waals surface area contributed by atoms with Crippen molar-refractivity contribution in [3.05, 3.63) is 29.8 Å². The lowest BCUT2D eigenvalue weighted by atomic mass is 9.90. The van der Waals surface area contributed by atoms with Gasteiger partial charge in [-0.1, -0.05) is 51.2 Å². The van der Waals surface area contributed by atoms with Crippen LogP contribution in [0.15, 0.2) is 24.3 Å². The highest BCUT2D eigenvalue weighted by Crippen LogP contribution is 2.26. The molecule has 118 valence electrons. The van der Waals surface area contributed by atoms with E-state index < -0.39 is 0 Å². The normalized spacial score (nSPS) is 16.0. The zero-order valence-electron chi connectivity index (χ0n) is 13.6. The van der Waals surface area contributed by atoms with Gasteiger partial charge in [0.2, 0.25) is 0 Å². The predicted octanol–water partition coefficient (Wildman–Crippen LogP) is 4.89. The van der Waals surface area contributed by atoms with Gasteiger partial charge in [0.25, 0.3) is 0 Å². The summed E-state index contributed by atoms with van der Waals surface area (Å²) in [6.07, 6.45) is 10.4. The third-order valence-corrected chi connectivity index (χ3v) is 4.46. The summed E-state index contributed by atoms with van der Waals surface area (Å²) in [6, 6.07) is 8.81. The summed E-state index contributed by atoms with van der Waals surface area (Å²) in [5.74, 6) is 1.76. The molecule has 0 aromatic heterocycles. The summed E-state index contributed by atoms with van der Waals surface area (Å²) >= 11 is 0. The second-order valence-electron chi connectivity index (χ2n) is 6.21. The van der Waals surface area contributed by atoms with E-state index in [1.807, 2.05) is 0 Å². The minimum absolute atomic E-state index is 0.735. The Morgan fingerprint density at radius 2 is 1.62 bits per heavy atom. The van der Waals surface area contributed by atoms with E-state index in [0.29, 0.717) is 0 Å². The summed E-state index contributed by atoms with van der Waals surface area (Å²) < 4.78 is 5.84. The molecule has 21 heavy (non-hydrogen) atoms. The molecule has 2 rings (SSSR count). The molecule has 0 aliphatic carbocycles. The molecule has 1 aromatic carbocycles. The molecule has 1 aliphatic heterocycles. The molecule has 1 heterocycles. The van der Waals surface area contributed by atoms with Crippen molar-refractivity contribution in [3.63, 3.8) is 0 Å². The van der Waals surface area contributed by atoms with Gasteiger partial charge in [0.05, 0.1) is 6.61 Å². The number of hydrogen-bond donors (Lipinski definition) is 1. The predicted molar refractivity (Wildman–Crippen MR) is 90.2 cm³/mol. The van der Waals surface area contributed by atoms with Gasteiger partial charge in [0, 0.05) is 0 Å². The maximum absolute atomic E-state index is 5.84. The van der Waals surface area contributed by atoms with Gasteiger partial charge in [-0.2, -0.15) is 0 Å². The summed E-state index contributed by atoms with van der Waals surface area (Å²) in [5.41, 5.74) is 1.48. The third-order valence-electron chi connectivity index (χ3n) is 4.46. The van der Waals surface area contributed by atoms with Crippen LogP contribution in [0.25, 0.3) is 0 Å². The SMILES string of the molecule is CCCCCCCCOc1ccc(C2CCNCC2)cc1. The van der Waals surface area contributed by atoms with Crippen LogP contribution in [0.2, 0.25) is 0 Å². The molecule has 0 spiro atoms. The fraction of sp³-hybridized carbons (Fsp3) is 0.684. The minimum Gasteiger partial charge on any atom is -0.494 e. The number of rotatable bonds is 9. The molecule has 0 saturated carbocycles. The molecule has 2 heteroatoms. The van der Waals surface area contributed by atoms with E-state index in [-0.39, 0.29) is 0 Å². The van der Waals surface area contributed by atoms with Crippen LogP contribution in [0.5, 0.6) is 5.75 Å². The van der Waals surface area contributed by atoms with Gasteiger partial charge in [-0.15, -0.1) is 0 Å². The average molecular weight is 289 g/mol. The number of benzene rings is 1. The Morgan fingerprint density at radius 1 is 0.952 bits per heavy atom. The molecule has 0 unspecified atom stereocenters. The lowest BCUT2D eigenvalue weighted by Gasteiger charge is -2.23. The Labute approximate surface area is 130 Å². The van der Waals surface area contributed by atoms with Gasteiger partial charge >= 0.3 is 0 Å². The maximum Gasteiger partial charge on any atom is 0.119 e. The van der Waals surface area contributed by atoms with Crippen LogP contribution in [-0.4, -0.2) is 19.7 Å². The minimum atomic E-state index is 0.735. The fourth-order valence-corrected chi connectivity index (χ4v) is 3.06. The van der Waals surface area contributed by atoms with Crippen LogP contribution >= 0.6 is 0 Å². The second kappa shape index (κ2) is 9.83. The van der Waals surface area contributed by atoms with E-state index in [0.717, 1.165) is 31.4 Å². The number of hydrogen-bond acceptors (Lipinski definition) is 2. The summed E-state index contributed by atoms with van der Waals surface area (Å²) in [5, 5.41) is 3.42. The standard InChI is InChI=1S/C19H31NO/c1-2-3-4-5-6-7-16-21-19-10-8-17(9-11-19)18-12-14-20-15-13-18/h8-11,18,20H,2-7,12-16H2,1H3. The van der Waals surface area contributed by atoms with Crippen LogP contribution in [0.1, 0.15) is 69.8 Å². The first kappa shape index (κ1) is 16.4. The molecule has 1 fully saturated rings. The van der Waals surface area contributed by atoms with Crippen molar-refractivity contribution in [1.29, 1.82) is 0 Å². The van der Waals surface area contributed by atoms with Gasteiger partial charge in [-0.05, 0) is 56.0 Å². The van der Waals surface area contributed by atoms with Crippen molar-refractivity contribution in [2.45, 2.75) is 64.2 Å². The smallest absolute Gasteiger partial charge is 0.119 e. The number of ether oxygens (including phenoxy) is 1. The van der Waals surface area contributed by atoms with E-state index in [2.05, 4.69) is 36.5 Å². The molecule has 0 atom stereocenters. The largest absolute Gasteiger partial charge is 0.494 e. The second-order valence-corrected chi connectivity index (χ2v) is 6.21. The molecule has 1 N–H and O–H groups in total. The molecule has 0 amide bonds. The van der Waals surface area contributed by atoms with Crippen LogP contribution in [0.4, 0.5) is 0 Å². The first-order valence-electron chi connectivity index (χ1n) is 8.83. The highest BCUT2D eigenvalue weighted by atomic mass is 16.5. The van der Waals surface area contributed by atoms with E-state index >= 15 is 0 Å². The Morgan fingerprint density at radius 3 is 2.33 bits per heavy atom. The Hall–Kier alpha value is -1.02. The highest BCUT2D eigenvalue weighted by molar-refractivity contribution is 5.29. The van der Waals surface area contributed by atoms with Gasteiger partial charge in [0.15, 0.2) is 0 Å². The first-order valence-corrected chi connectivity index (χ1v) is 8.83. The molecule has 1 saturated heterocycles. The monoisotopic (exact) mass is 289 g/mol. The molecule has 1 aliphatic rings. The van der Waals surface area contributed by atoms with E-state index in [4.69, 9.17) is 4.74 Å². The van der Waals surface area contributed by atoms with Gasteiger partial charge in [-0.25, -0.2) is 0 Å². The fourth-order valence-electron chi connectivity index (χ4n) is 3.06. The van der Waals surface area contributed by atoms with Crippen molar-refractivity contribution in [2.24, 2.45) is 0 Å². The van der Waals surface area contributed by atoms with E-state index in [9.17, 15) is 0 Å². The highest BCUT2D eigenvalue weighted by Gasteiger charge is 2.14. The molecule has 2 nitrogen and oxygen atoms in total. The summed E-state index contributed by atoms with van der Waals surface area (Å²) in [6.45, 7) is 5.43. The zero-order chi connectivity index (χ0) is 14.8. The van der Waals surface area contributed by atoms with Gasteiger partial charge in [0.1, 0.15) is 5.75 Å². The van der Waals surface area contributed by atoms with E-state index in [1.165, 1.54) is 56.9 Å². The number of piperidine rings is 1. The lowest BCUT2D eigenvalue weighted by Crippen LogP contribution is -2.26. The summed E-state index contributed by atoms with van der Waals surface area (Å²) in [7, 11) is 0. The van der Waals surface area contributed by atoms with E-state index in [1.54, 1.807) is 0 Å². The van der Waals surface area contributed by atoms with Crippen molar-refractivity contribution >= 4 is 0 Å². The number of nitrogens with one attached hydrogen (secondary N) is 1. The summed E-state index contributed by atoms with van der Waals surface area (Å²) in [4.78, 5) is 0. The van der Waals surface area contributed by atoms with Gasteiger partial charge < -0.3 is 10.1 Å². The maximum atomic E-state index is 5.84. The zero-order valence-corrected chi connectivity index (χ0v) is 13.6. The van der Waals surface area contributed by atoms with Crippen molar-refractivity contribution in [2.75, 3.05) is 19.7 Å². The van der Waals surface area contributed by atoms with Gasteiger partial charge in [-0.3, -0.25) is 0 Å². The van der Waals surface area contributed by atoms with Crippen molar-refractivity contribution in [1.82, 2.24) is 5.32 Å². The Kier molecular flexibility index (Phi) is 7.66. The Bertz CT molecular complexity index is 368. The van der Waals surface area contributed by atoms with Crippen LogP contribution < -0.4 is 10.1 Å². The molecule has 0 bridgehead atoms. The van der Waals surface area contributed by atoms with Crippen LogP contribution in [-0.2, 0) is 0 Å². The van der Waals surface area contributed by atoms with Crippen molar-refractivity contribution < 1.29 is 4.74 Å². The molecule has 1 aromatic rings. The third kappa shape index (κ3) is 6.09. The average Bonchev–Trinajstić information content (AvgIpc) is 2.55. The topological polar surface area (TPSA) is 21.3 Å². The quantitative estimate of drug-likeness (QED) is 0.653. The molecular weight excluding hydrogens is 258 g/mol. The lowest BCUT2D eigenvalue weighted by molar-refractivity contribution is 0.304. The first-order chi connectivity index (χ1) is 10.4.